The Balaban J connectivity index is 2.22. The van der Waals surface area contributed by atoms with Crippen LogP contribution in [-0.4, -0.2) is 28.0 Å². The van der Waals surface area contributed by atoms with Gasteiger partial charge in [-0.15, -0.1) is 0 Å². The molecule has 4 heteroatoms. The number of hydrogen-bond donors (Lipinski definition) is 3. The maximum absolute atomic E-state index is 10.5. The maximum Gasteiger partial charge on any atom is 0.303 e. The Hall–Kier alpha value is -1.16. The zero-order valence-corrected chi connectivity index (χ0v) is 16.6. The number of unbranched alkanes of at least 4 members (excludes halogenated alkanes) is 5. The van der Waals surface area contributed by atoms with Crippen LogP contribution >= 0.6 is 0 Å². The molecule has 0 aromatic heterocycles. The molecular weight excluding hydrogens is 326 g/mol. The van der Waals surface area contributed by atoms with Crippen molar-refractivity contribution in [2.75, 3.05) is 0 Å². The number of aliphatic carboxylic acids is 1. The summed E-state index contributed by atoms with van der Waals surface area (Å²) in [5.41, 5.74) is 0.880. The zero-order valence-electron chi connectivity index (χ0n) is 16.6. The number of aliphatic hydroxyl groups excluding tert-OH is 1. The fourth-order valence-corrected chi connectivity index (χ4v) is 4.00. The van der Waals surface area contributed by atoms with Crippen LogP contribution in [0.2, 0.25) is 0 Å². The van der Waals surface area contributed by atoms with Crippen LogP contribution in [0, 0.1) is 17.2 Å². The van der Waals surface area contributed by atoms with Crippen LogP contribution in [0.1, 0.15) is 96.8 Å². The minimum absolute atomic E-state index is 0.216. The van der Waals surface area contributed by atoms with Crippen LogP contribution in [0.25, 0.3) is 0 Å². The largest absolute Gasteiger partial charge is 0.481 e. The summed E-state index contributed by atoms with van der Waals surface area (Å²) in [5.74, 6) is 0.0923. The Morgan fingerprint density at radius 3 is 2.54 bits per heavy atom. The van der Waals surface area contributed by atoms with E-state index in [2.05, 4.69) is 19.1 Å². The number of carboxylic acid groups (broad SMARTS) is 1. The van der Waals surface area contributed by atoms with Gasteiger partial charge < -0.3 is 15.6 Å². The van der Waals surface area contributed by atoms with Crippen molar-refractivity contribution in [1.29, 1.82) is 5.41 Å². The first-order valence-electron chi connectivity index (χ1n) is 10.7. The van der Waals surface area contributed by atoms with Gasteiger partial charge in [-0.3, -0.25) is 4.79 Å². The van der Waals surface area contributed by atoms with Crippen molar-refractivity contribution in [2.24, 2.45) is 11.8 Å². The van der Waals surface area contributed by atoms with Gasteiger partial charge in [0.1, 0.15) is 0 Å². The molecule has 0 unspecified atom stereocenters. The second kappa shape index (κ2) is 14.0. The van der Waals surface area contributed by atoms with E-state index in [-0.39, 0.29) is 12.5 Å². The van der Waals surface area contributed by atoms with E-state index in [0.717, 1.165) is 57.1 Å². The Morgan fingerprint density at radius 2 is 1.81 bits per heavy atom. The molecule has 0 aromatic rings. The highest BCUT2D eigenvalue weighted by Gasteiger charge is 2.33. The van der Waals surface area contributed by atoms with Gasteiger partial charge in [-0.05, 0) is 69.6 Å². The van der Waals surface area contributed by atoms with Gasteiger partial charge in [-0.2, -0.15) is 0 Å². The van der Waals surface area contributed by atoms with Gasteiger partial charge in [0.25, 0.3) is 0 Å². The Bertz CT molecular complexity index is 433. The highest BCUT2D eigenvalue weighted by atomic mass is 16.4. The van der Waals surface area contributed by atoms with E-state index in [1.165, 1.54) is 25.7 Å². The first-order chi connectivity index (χ1) is 12.5. The Kier molecular flexibility index (Phi) is 12.3. The summed E-state index contributed by atoms with van der Waals surface area (Å²) in [7, 11) is 0. The fraction of sp³-hybridized carbons (Fsp3) is 0.818. The van der Waals surface area contributed by atoms with Crippen molar-refractivity contribution in [2.45, 2.75) is 103 Å². The highest BCUT2D eigenvalue weighted by molar-refractivity contribution is 5.81. The molecule has 150 valence electrons. The van der Waals surface area contributed by atoms with Crippen LogP contribution in [0.5, 0.6) is 0 Å². The molecule has 0 radical (unpaired) electrons. The summed E-state index contributed by atoms with van der Waals surface area (Å²) in [6, 6.07) is 0. The summed E-state index contributed by atoms with van der Waals surface area (Å²) < 4.78 is 0. The molecule has 1 aliphatic carbocycles. The molecule has 1 rings (SSSR count). The van der Waals surface area contributed by atoms with Crippen molar-refractivity contribution >= 4 is 11.7 Å². The second-order valence-corrected chi connectivity index (χ2v) is 7.87. The smallest absolute Gasteiger partial charge is 0.303 e. The summed E-state index contributed by atoms with van der Waals surface area (Å²) in [6.45, 7) is 2.22. The van der Waals surface area contributed by atoms with Gasteiger partial charge in [-0.1, -0.05) is 44.8 Å². The molecule has 1 fully saturated rings. The zero-order chi connectivity index (χ0) is 19.2. The number of rotatable bonds is 15. The average Bonchev–Trinajstić information content (AvgIpc) is 2.95. The Morgan fingerprint density at radius 1 is 1.04 bits per heavy atom. The van der Waals surface area contributed by atoms with Gasteiger partial charge in [0.2, 0.25) is 0 Å². The minimum atomic E-state index is -0.738. The SMILES string of the molecule is CCCCCCCC(=N)CC[C@H]1CC[C@H](O)[C@@H]1C/C=C\CCCC(=O)O. The van der Waals surface area contributed by atoms with Crippen molar-refractivity contribution in [1.82, 2.24) is 0 Å². The summed E-state index contributed by atoms with van der Waals surface area (Å²) >= 11 is 0. The molecule has 0 amide bonds. The van der Waals surface area contributed by atoms with Crippen LogP contribution < -0.4 is 0 Å². The number of carbonyl (C=O) groups is 1. The van der Waals surface area contributed by atoms with Crippen molar-refractivity contribution in [3.05, 3.63) is 12.2 Å². The monoisotopic (exact) mass is 365 g/mol. The quantitative estimate of drug-likeness (QED) is 0.197. The third-order valence-electron chi connectivity index (χ3n) is 5.67. The van der Waals surface area contributed by atoms with E-state index in [9.17, 15) is 9.90 Å². The van der Waals surface area contributed by atoms with E-state index < -0.39 is 5.97 Å². The van der Waals surface area contributed by atoms with Crippen LogP contribution in [-0.2, 0) is 4.79 Å². The molecule has 3 atom stereocenters. The predicted molar refractivity (Wildman–Crippen MR) is 108 cm³/mol. The first kappa shape index (κ1) is 22.9. The molecule has 3 N–H and O–H groups in total. The van der Waals surface area contributed by atoms with Gasteiger partial charge in [0.05, 0.1) is 6.10 Å². The molecule has 1 aliphatic rings. The molecule has 26 heavy (non-hydrogen) atoms. The van der Waals surface area contributed by atoms with Crippen molar-refractivity contribution in [3.63, 3.8) is 0 Å². The number of allylic oxidation sites excluding steroid dienone is 2. The lowest BCUT2D eigenvalue weighted by molar-refractivity contribution is -0.137. The standard InChI is InChI=1S/C22H39NO3/c1-2-3-4-5-8-11-19(23)16-14-18-15-17-21(24)20(18)12-9-6-7-10-13-22(25)26/h6,9,18,20-21,23-24H,2-5,7-8,10-17H2,1H3,(H,25,26)/b9-6-,23-19?/t18-,20+,21-/m0/s1. The third-order valence-corrected chi connectivity index (χ3v) is 5.67. The van der Waals surface area contributed by atoms with E-state index in [4.69, 9.17) is 10.5 Å². The number of carboxylic acids is 1. The lowest BCUT2D eigenvalue weighted by atomic mass is 9.86. The molecule has 0 bridgehead atoms. The summed E-state index contributed by atoms with van der Waals surface area (Å²) in [6.07, 6.45) is 17.6. The molecule has 1 saturated carbocycles. The molecular formula is C22H39NO3. The molecule has 0 aromatic carbocycles. The number of nitrogens with one attached hydrogen (secondary N) is 1. The lowest BCUT2D eigenvalue weighted by Crippen LogP contribution is -2.19. The van der Waals surface area contributed by atoms with E-state index >= 15 is 0 Å². The molecule has 0 aliphatic heterocycles. The van der Waals surface area contributed by atoms with Crippen LogP contribution in [0.15, 0.2) is 12.2 Å². The minimum Gasteiger partial charge on any atom is -0.481 e. The second-order valence-electron chi connectivity index (χ2n) is 7.87. The van der Waals surface area contributed by atoms with Crippen molar-refractivity contribution in [3.8, 4) is 0 Å². The molecule has 0 spiro atoms. The summed E-state index contributed by atoms with van der Waals surface area (Å²) in [4.78, 5) is 10.5. The molecule has 0 heterocycles. The van der Waals surface area contributed by atoms with E-state index in [1.807, 2.05) is 0 Å². The highest BCUT2D eigenvalue weighted by Crippen LogP contribution is 2.38. The van der Waals surface area contributed by atoms with E-state index in [0.29, 0.717) is 18.3 Å². The maximum atomic E-state index is 10.5. The normalized spacial score (nSPS) is 22.9. The summed E-state index contributed by atoms with van der Waals surface area (Å²) in [5, 5.41) is 27.1. The first-order valence-corrected chi connectivity index (χ1v) is 10.7. The van der Waals surface area contributed by atoms with E-state index in [1.54, 1.807) is 0 Å². The number of aliphatic hydroxyl groups is 1. The predicted octanol–water partition coefficient (Wildman–Crippen LogP) is 5.74. The topological polar surface area (TPSA) is 81.4 Å². The average molecular weight is 366 g/mol. The number of hydrogen-bond acceptors (Lipinski definition) is 3. The lowest BCUT2D eigenvalue weighted by Gasteiger charge is -2.21. The molecule has 4 nitrogen and oxygen atoms in total. The van der Waals surface area contributed by atoms with Crippen molar-refractivity contribution < 1.29 is 15.0 Å². The van der Waals surface area contributed by atoms with Gasteiger partial charge in [-0.25, -0.2) is 0 Å². The Labute approximate surface area is 159 Å². The van der Waals surface area contributed by atoms with Gasteiger partial charge in [0, 0.05) is 12.1 Å². The van der Waals surface area contributed by atoms with Gasteiger partial charge >= 0.3 is 5.97 Å². The fourth-order valence-electron chi connectivity index (χ4n) is 4.00. The third kappa shape index (κ3) is 10.1. The van der Waals surface area contributed by atoms with Crippen LogP contribution in [0.4, 0.5) is 0 Å². The molecule has 0 saturated heterocycles. The van der Waals surface area contributed by atoms with Gasteiger partial charge in [0.15, 0.2) is 0 Å². The van der Waals surface area contributed by atoms with Crippen LogP contribution in [0.3, 0.4) is 0 Å².